The molecular formula is C40H54N2O9S. The first-order valence-corrected chi connectivity index (χ1v) is 20.4. The van der Waals surface area contributed by atoms with Crippen molar-refractivity contribution in [2.75, 3.05) is 13.4 Å². The number of hydrogen-bond acceptors (Lipinski definition) is 11. The molecule has 4 saturated carbocycles. The van der Waals surface area contributed by atoms with E-state index >= 15 is 0 Å². The Balaban J connectivity index is 1.53. The van der Waals surface area contributed by atoms with Gasteiger partial charge in [0, 0.05) is 37.0 Å². The lowest BCUT2D eigenvalue weighted by atomic mass is 9.40. The normalized spacial score (nSPS) is 35.8. The maximum atomic E-state index is 12.8. The van der Waals surface area contributed by atoms with E-state index in [1.165, 1.54) is 21.0 Å². The summed E-state index contributed by atoms with van der Waals surface area (Å²) in [7, 11) is -2.23. The summed E-state index contributed by atoms with van der Waals surface area (Å²) in [6.07, 6.45) is 6.09. The average Bonchev–Trinajstić information content (AvgIpc) is 3.45. The van der Waals surface area contributed by atoms with Crippen LogP contribution in [0.2, 0.25) is 0 Å². The van der Waals surface area contributed by atoms with E-state index in [9.17, 15) is 33.3 Å². The molecule has 0 amide bonds. The largest absolute Gasteiger partial charge is 0.469 e. The van der Waals surface area contributed by atoms with Crippen LogP contribution in [0.15, 0.2) is 24.3 Å². The molecule has 52 heavy (non-hydrogen) atoms. The molecule has 0 spiro atoms. The van der Waals surface area contributed by atoms with Crippen LogP contribution < -0.4 is 0 Å². The van der Waals surface area contributed by atoms with Crippen LogP contribution in [0.25, 0.3) is 0 Å². The number of esters is 3. The third-order valence-corrected chi connectivity index (χ3v) is 14.6. The van der Waals surface area contributed by atoms with Crippen LogP contribution in [0.3, 0.4) is 0 Å². The Bertz CT molecular complexity index is 1700. The lowest BCUT2D eigenvalue weighted by Gasteiger charge is -2.65. The molecule has 0 radical (unpaired) electrons. The molecule has 4 aliphatic rings. The Kier molecular flexibility index (Phi) is 11.5. The topological polar surface area (TPSA) is 170 Å². The van der Waals surface area contributed by atoms with Crippen molar-refractivity contribution in [2.24, 2.45) is 52.3 Å². The van der Waals surface area contributed by atoms with E-state index in [1.54, 1.807) is 12.1 Å². The number of benzene rings is 1. The Morgan fingerprint density at radius 2 is 1.62 bits per heavy atom. The van der Waals surface area contributed by atoms with E-state index in [1.807, 2.05) is 12.1 Å². The number of nitriles is 2. The zero-order chi connectivity index (χ0) is 38.2. The van der Waals surface area contributed by atoms with Gasteiger partial charge in [-0.3, -0.25) is 18.6 Å². The summed E-state index contributed by atoms with van der Waals surface area (Å²) in [5.74, 6) is -1.31. The zero-order valence-corrected chi connectivity index (χ0v) is 32.4. The van der Waals surface area contributed by atoms with Gasteiger partial charge in [-0.15, -0.1) is 0 Å². The van der Waals surface area contributed by atoms with Crippen molar-refractivity contribution in [3.05, 3.63) is 35.4 Å². The van der Waals surface area contributed by atoms with Gasteiger partial charge in [0.25, 0.3) is 10.1 Å². The summed E-state index contributed by atoms with van der Waals surface area (Å²) in [6, 6.07) is 11.9. The van der Waals surface area contributed by atoms with Gasteiger partial charge >= 0.3 is 17.9 Å². The van der Waals surface area contributed by atoms with Crippen LogP contribution in [0, 0.1) is 74.9 Å². The first kappa shape index (κ1) is 39.7. The summed E-state index contributed by atoms with van der Waals surface area (Å²) >= 11 is 0. The maximum absolute atomic E-state index is 12.8. The minimum Gasteiger partial charge on any atom is -0.469 e. The third kappa shape index (κ3) is 7.35. The van der Waals surface area contributed by atoms with Gasteiger partial charge in [-0.1, -0.05) is 45.0 Å². The highest BCUT2D eigenvalue weighted by Crippen LogP contribution is 2.71. The van der Waals surface area contributed by atoms with E-state index in [0.29, 0.717) is 44.1 Å². The second-order valence-electron chi connectivity index (χ2n) is 16.6. The molecule has 11 atom stereocenters. The van der Waals surface area contributed by atoms with Crippen molar-refractivity contribution in [1.29, 1.82) is 10.5 Å². The molecule has 284 valence electrons. The van der Waals surface area contributed by atoms with Crippen molar-refractivity contribution in [3.8, 4) is 12.1 Å². The smallest absolute Gasteiger partial charge is 0.305 e. The Labute approximate surface area is 308 Å². The Morgan fingerprint density at radius 3 is 2.19 bits per heavy atom. The highest BCUT2D eigenvalue weighted by atomic mass is 32.2. The minimum atomic E-state index is -3.63. The number of carbonyl (C=O) groups is 3. The average molecular weight is 739 g/mol. The van der Waals surface area contributed by atoms with Crippen LogP contribution >= 0.6 is 0 Å². The monoisotopic (exact) mass is 738 g/mol. The van der Waals surface area contributed by atoms with Crippen molar-refractivity contribution >= 4 is 28.0 Å². The van der Waals surface area contributed by atoms with Gasteiger partial charge in [0.2, 0.25) is 0 Å². The third-order valence-electron chi connectivity index (χ3n) is 14.0. The Hall–Kier alpha value is -3.48. The standard InChI is InChI=1S/C40H54N2O9S/c1-24(8-15-36(45)48-6)31-13-14-32-37-33(19-35(39(31,32)5)51-26(3)44)38(4)16-17-40(30(21-41)22-42,20-29(38)18-34(37)50-25(2)43)28-11-9-27(10-12-28)23-49-52(7,46)47/h9-12,24,29-35,37H,8,13-20,23H2,1-7H3/t24-,29-,31-,32+,33+,34-,35+,37+,38+,39-,40+/m1/s1. The van der Waals surface area contributed by atoms with Gasteiger partial charge in [-0.25, -0.2) is 0 Å². The SMILES string of the molecule is COC(=O)CC[C@@H](C)[C@H]1CC[C@H]2[C@@H]3[C@H](OC(C)=O)C[C@@H]4C[C@@](c5ccc(COS(C)(=O)=O)cc5)(C(C#N)C#N)CC[C@]4(C)[C@H]3C[C@H](OC(C)=O)[C@]12C. The van der Waals surface area contributed by atoms with E-state index in [2.05, 4.69) is 32.9 Å². The van der Waals surface area contributed by atoms with E-state index in [4.69, 9.17) is 18.4 Å². The highest BCUT2D eigenvalue weighted by Gasteiger charge is 2.68. The minimum absolute atomic E-state index is 0.0113. The molecular weight excluding hydrogens is 685 g/mol. The van der Waals surface area contributed by atoms with Gasteiger partial charge in [0.15, 0.2) is 0 Å². The summed E-state index contributed by atoms with van der Waals surface area (Å²) in [6.45, 7) is 9.51. The molecule has 12 heteroatoms. The zero-order valence-electron chi connectivity index (χ0n) is 31.6. The van der Waals surface area contributed by atoms with Crippen LogP contribution in [-0.2, 0) is 54.9 Å². The maximum Gasteiger partial charge on any atom is 0.305 e. The van der Waals surface area contributed by atoms with E-state index in [-0.39, 0.29) is 77.6 Å². The Morgan fingerprint density at radius 1 is 0.962 bits per heavy atom. The van der Waals surface area contributed by atoms with Crippen molar-refractivity contribution in [1.82, 2.24) is 0 Å². The van der Waals surface area contributed by atoms with Crippen LogP contribution in [-0.4, -0.2) is 51.9 Å². The number of methoxy groups -OCH3 is 1. The van der Waals surface area contributed by atoms with Crippen molar-refractivity contribution < 1.29 is 41.2 Å². The molecule has 0 aliphatic heterocycles. The van der Waals surface area contributed by atoms with Crippen molar-refractivity contribution in [2.45, 2.75) is 117 Å². The number of carbonyl (C=O) groups excluding carboxylic acids is 3. The second-order valence-corrected chi connectivity index (χ2v) is 18.2. The number of rotatable bonds is 11. The fourth-order valence-electron chi connectivity index (χ4n) is 11.6. The molecule has 4 fully saturated rings. The summed E-state index contributed by atoms with van der Waals surface area (Å²) in [4.78, 5) is 37.6. The molecule has 11 nitrogen and oxygen atoms in total. The summed E-state index contributed by atoms with van der Waals surface area (Å²) < 4.78 is 45.6. The molecule has 0 bridgehead atoms. The summed E-state index contributed by atoms with van der Waals surface area (Å²) in [5, 5.41) is 20.7. The van der Waals surface area contributed by atoms with Crippen molar-refractivity contribution in [3.63, 3.8) is 0 Å². The molecule has 1 aromatic carbocycles. The number of hydrogen-bond donors (Lipinski definition) is 0. The molecule has 0 N–H and O–H groups in total. The highest BCUT2D eigenvalue weighted by molar-refractivity contribution is 7.85. The van der Waals surface area contributed by atoms with Gasteiger partial charge in [-0.2, -0.15) is 18.9 Å². The lowest BCUT2D eigenvalue weighted by molar-refractivity contribution is -0.223. The van der Waals surface area contributed by atoms with E-state index < -0.39 is 26.9 Å². The lowest BCUT2D eigenvalue weighted by Crippen LogP contribution is -2.64. The number of nitrogens with zero attached hydrogens (tertiary/aromatic N) is 2. The number of ether oxygens (including phenoxy) is 3. The van der Waals surface area contributed by atoms with Crippen LogP contribution in [0.5, 0.6) is 0 Å². The molecule has 0 aromatic heterocycles. The van der Waals surface area contributed by atoms with Gasteiger partial charge < -0.3 is 14.2 Å². The quantitative estimate of drug-likeness (QED) is 0.140. The molecule has 5 rings (SSSR count). The fourth-order valence-corrected chi connectivity index (χ4v) is 11.9. The van der Waals surface area contributed by atoms with Crippen LogP contribution in [0.4, 0.5) is 0 Å². The van der Waals surface area contributed by atoms with Gasteiger partial charge in [0.1, 0.15) is 18.1 Å². The summed E-state index contributed by atoms with van der Waals surface area (Å²) in [5.41, 5.74) is 0.0478. The predicted octanol–water partition coefficient (Wildman–Crippen LogP) is 6.40. The molecule has 0 unspecified atom stereocenters. The molecule has 0 heterocycles. The van der Waals surface area contributed by atoms with Gasteiger partial charge in [-0.05, 0) is 97.5 Å². The molecule has 0 saturated heterocycles. The fraction of sp³-hybridized carbons (Fsp3) is 0.725. The molecule has 4 aliphatic carbocycles. The first-order chi connectivity index (χ1) is 24.4. The predicted molar refractivity (Wildman–Crippen MR) is 190 cm³/mol. The van der Waals surface area contributed by atoms with Gasteiger partial charge in [0.05, 0.1) is 32.1 Å². The second kappa shape index (κ2) is 15.1. The van der Waals surface area contributed by atoms with E-state index in [0.717, 1.165) is 31.1 Å². The van der Waals surface area contributed by atoms with Crippen LogP contribution in [0.1, 0.15) is 104 Å². The molecule has 1 aromatic rings. The number of fused-ring (bicyclic) bond motifs is 5. The first-order valence-electron chi connectivity index (χ1n) is 18.6.